The van der Waals surface area contributed by atoms with Gasteiger partial charge in [-0.3, -0.25) is 14.9 Å². The monoisotopic (exact) mass is 478 g/mol. The highest BCUT2D eigenvalue weighted by atomic mass is 16.6. The van der Waals surface area contributed by atoms with Crippen molar-refractivity contribution in [2.24, 2.45) is 0 Å². The van der Waals surface area contributed by atoms with Crippen molar-refractivity contribution in [3.8, 4) is 23.0 Å². The van der Waals surface area contributed by atoms with Crippen LogP contribution in [0, 0.1) is 10.1 Å². The average molecular weight is 479 g/mol. The first kappa shape index (κ1) is 23.9. The van der Waals surface area contributed by atoms with Crippen LogP contribution in [0.5, 0.6) is 23.0 Å². The maximum absolute atomic E-state index is 13.5. The molecule has 0 saturated heterocycles. The highest BCUT2D eigenvalue weighted by molar-refractivity contribution is 5.95. The van der Waals surface area contributed by atoms with E-state index in [4.69, 9.17) is 18.9 Å². The van der Waals surface area contributed by atoms with Crippen LogP contribution in [0.1, 0.15) is 27.5 Å². The van der Waals surface area contributed by atoms with Gasteiger partial charge in [0.2, 0.25) is 0 Å². The molecular weight excluding hydrogens is 452 g/mol. The lowest BCUT2D eigenvalue weighted by atomic mass is 9.91. The number of hydrogen-bond acceptors (Lipinski definition) is 7. The third-order valence-corrected chi connectivity index (χ3v) is 6.03. The number of methoxy groups -OCH3 is 3. The van der Waals surface area contributed by atoms with Gasteiger partial charge < -0.3 is 23.8 Å². The van der Waals surface area contributed by atoms with E-state index in [1.54, 1.807) is 56.6 Å². The lowest BCUT2D eigenvalue weighted by molar-refractivity contribution is -0.384. The average Bonchev–Trinajstić information content (AvgIpc) is 2.90. The lowest BCUT2D eigenvalue weighted by Crippen LogP contribution is -2.42. The fraction of sp³-hybridized carbons (Fsp3) is 0.269. The zero-order valence-corrected chi connectivity index (χ0v) is 19.7. The van der Waals surface area contributed by atoms with Crippen LogP contribution in [0.15, 0.2) is 60.7 Å². The predicted octanol–water partition coefficient (Wildman–Crippen LogP) is 4.44. The Morgan fingerprint density at radius 1 is 0.971 bits per heavy atom. The Kier molecular flexibility index (Phi) is 7.05. The second kappa shape index (κ2) is 10.3. The van der Waals surface area contributed by atoms with Gasteiger partial charge in [0.05, 0.1) is 32.3 Å². The van der Waals surface area contributed by atoms with Crippen molar-refractivity contribution in [1.82, 2.24) is 4.90 Å². The minimum Gasteiger partial charge on any atom is -0.497 e. The van der Waals surface area contributed by atoms with Gasteiger partial charge in [-0.05, 0) is 60.0 Å². The van der Waals surface area contributed by atoms with Gasteiger partial charge in [0.15, 0.2) is 11.5 Å². The maximum atomic E-state index is 13.5. The van der Waals surface area contributed by atoms with Gasteiger partial charge in [0.25, 0.3) is 11.6 Å². The van der Waals surface area contributed by atoms with Crippen molar-refractivity contribution in [2.75, 3.05) is 34.5 Å². The summed E-state index contributed by atoms with van der Waals surface area (Å²) in [5, 5.41) is 11.2. The number of nitro groups is 1. The largest absolute Gasteiger partial charge is 0.497 e. The molecule has 1 unspecified atom stereocenters. The fourth-order valence-electron chi connectivity index (χ4n) is 4.22. The minimum absolute atomic E-state index is 0.134. The topological polar surface area (TPSA) is 100 Å². The summed E-state index contributed by atoms with van der Waals surface area (Å²) in [4.78, 5) is 26.0. The molecule has 1 atom stereocenters. The first-order valence-corrected chi connectivity index (χ1v) is 11.0. The normalized spacial score (nSPS) is 14.6. The Hall–Kier alpha value is -4.27. The van der Waals surface area contributed by atoms with E-state index in [1.165, 1.54) is 18.2 Å². The number of rotatable bonds is 8. The van der Waals surface area contributed by atoms with Crippen LogP contribution in [-0.4, -0.2) is 50.2 Å². The van der Waals surface area contributed by atoms with E-state index < -0.39 is 11.0 Å². The molecule has 0 aliphatic carbocycles. The summed E-state index contributed by atoms with van der Waals surface area (Å²) < 4.78 is 22.2. The van der Waals surface area contributed by atoms with E-state index in [0.29, 0.717) is 36.0 Å². The minimum atomic E-state index is -0.510. The molecular formula is C26H26N2O7. The van der Waals surface area contributed by atoms with Gasteiger partial charge in [-0.15, -0.1) is 0 Å². The molecule has 0 N–H and O–H groups in total. The van der Waals surface area contributed by atoms with Crippen molar-refractivity contribution in [2.45, 2.75) is 12.5 Å². The molecule has 3 aromatic rings. The zero-order valence-electron chi connectivity index (χ0n) is 19.7. The number of carbonyl (C=O) groups is 1. The Labute approximate surface area is 202 Å². The quantitative estimate of drug-likeness (QED) is 0.349. The van der Waals surface area contributed by atoms with Crippen molar-refractivity contribution < 1.29 is 28.7 Å². The van der Waals surface area contributed by atoms with Crippen molar-refractivity contribution in [1.29, 1.82) is 0 Å². The highest BCUT2D eigenvalue weighted by Gasteiger charge is 2.33. The summed E-state index contributed by atoms with van der Waals surface area (Å²) >= 11 is 0. The molecule has 9 heteroatoms. The molecule has 1 aliphatic heterocycles. The summed E-state index contributed by atoms with van der Waals surface area (Å²) in [6, 6.07) is 16.3. The summed E-state index contributed by atoms with van der Waals surface area (Å²) in [5.41, 5.74) is 2.01. The molecule has 0 fully saturated rings. The van der Waals surface area contributed by atoms with Gasteiger partial charge in [-0.25, -0.2) is 0 Å². The molecule has 1 heterocycles. The maximum Gasteiger partial charge on any atom is 0.270 e. The Bertz CT molecular complexity index is 1230. The van der Waals surface area contributed by atoms with Crippen LogP contribution < -0.4 is 18.9 Å². The lowest BCUT2D eigenvalue weighted by Gasteiger charge is -2.37. The SMILES string of the molecule is COc1ccc(OCC2c3cc(OC)c(OC)cc3CCN2C(=O)c2cccc([N+](=O)[O-])c2)cc1. The number of hydrogen-bond donors (Lipinski definition) is 0. The molecule has 1 aliphatic rings. The first-order valence-electron chi connectivity index (χ1n) is 11.0. The van der Waals surface area contributed by atoms with Gasteiger partial charge in [0.1, 0.15) is 18.1 Å². The second-order valence-electron chi connectivity index (χ2n) is 7.96. The number of ether oxygens (including phenoxy) is 4. The molecule has 0 bridgehead atoms. The molecule has 0 saturated carbocycles. The molecule has 182 valence electrons. The van der Waals surface area contributed by atoms with E-state index in [1.807, 2.05) is 12.1 Å². The van der Waals surface area contributed by atoms with E-state index >= 15 is 0 Å². The van der Waals surface area contributed by atoms with Crippen LogP contribution in [-0.2, 0) is 6.42 Å². The highest BCUT2D eigenvalue weighted by Crippen LogP contribution is 2.39. The van der Waals surface area contributed by atoms with E-state index in [-0.39, 0.29) is 23.8 Å². The summed E-state index contributed by atoms with van der Waals surface area (Å²) in [7, 11) is 4.73. The molecule has 9 nitrogen and oxygen atoms in total. The molecule has 0 aromatic heterocycles. The third kappa shape index (κ3) is 4.98. The van der Waals surface area contributed by atoms with Crippen molar-refractivity contribution in [3.63, 3.8) is 0 Å². The van der Waals surface area contributed by atoms with Crippen LogP contribution >= 0.6 is 0 Å². The van der Waals surface area contributed by atoms with Crippen molar-refractivity contribution in [3.05, 3.63) is 87.5 Å². The Balaban J connectivity index is 1.70. The number of carbonyl (C=O) groups excluding carboxylic acids is 1. The Morgan fingerprint density at radius 3 is 2.31 bits per heavy atom. The standard InChI is InChI=1S/C26H26N2O7/c1-32-20-7-9-21(10-8-20)35-16-23-22-15-25(34-3)24(33-2)14-17(22)11-12-27(23)26(29)18-5-4-6-19(13-18)28(30)31/h4-10,13-15,23H,11-12,16H2,1-3H3. The van der Waals surface area contributed by atoms with Crippen LogP contribution in [0.4, 0.5) is 5.69 Å². The van der Waals surface area contributed by atoms with E-state index in [0.717, 1.165) is 11.1 Å². The summed E-state index contributed by atoms with van der Waals surface area (Å²) in [6.07, 6.45) is 0.593. The van der Waals surface area contributed by atoms with Crippen LogP contribution in [0.3, 0.4) is 0 Å². The number of benzene rings is 3. The van der Waals surface area contributed by atoms with Gasteiger partial charge in [0, 0.05) is 24.2 Å². The van der Waals surface area contributed by atoms with E-state index in [9.17, 15) is 14.9 Å². The molecule has 3 aromatic carbocycles. The molecule has 4 rings (SSSR count). The first-order chi connectivity index (χ1) is 16.9. The summed E-state index contributed by atoms with van der Waals surface area (Å²) in [5.74, 6) is 2.18. The number of fused-ring (bicyclic) bond motifs is 1. The fourth-order valence-corrected chi connectivity index (χ4v) is 4.22. The van der Waals surface area contributed by atoms with Gasteiger partial charge in [-0.2, -0.15) is 0 Å². The second-order valence-corrected chi connectivity index (χ2v) is 7.96. The van der Waals surface area contributed by atoms with Crippen LogP contribution in [0.25, 0.3) is 0 Å². The number of amides is 1. The molecule has 0 radical (unpaired) electrons. The van der Waals surface area contributed by atoms with Crippen molar-refractivity contribution >= 4 is 11.6 Å². The smallest absolute Gasteiger partial charge is 0.270 e. The number of nitrogens with zero attached hydrogens (tertiary/aromatic N) is 2. The third-order valence-electron chi connectivity index (χ3n) is 6.03. The molecule has 1 amide bonds. The van der Waals surface area contributed by atoms with Crippen LogP contribution in [0.2, 0.25) is 0 Å². The van der Waals surface area contributed by atoms with Gasteiger partial charge in [-0.1, -0.05) is 6.07 Å². The van der Waals surface area contributed by atoms with Gasteiger partial charge >= 0.3 is 0 Å². The predicted molar refractivity (Wildman–Crippen MR) is 129 cm³/mol. The Morgan fingerprint density at radius 2 is 1.66 bits per heavy atom. The molecule has 35 heavy (non-hydrogen) atoms. The molecule has 0 spiro atoms. The van der Waals surface area contributed by atoms with E-state index in [2.05, 4.69) is 0 Å². The summed E-state index contributed by atoms with van der Waals surface area (Å²) in [6.45, 7) is 0.593. The number of non-ortho nitro benzene ring substituents is 1. The zero-order chi connectivity index (χ0) is 24.9. The number of nitro benzene ring substituents is 1.